The van der Waals surface area contributed by atoms with E-state index in [9.17, 15) is 19.1 Å². The average Bonchev–Trinajstić information content (AvgIpc) is 2.99. The number of aliphatic hydroxyl groups is 1. The van der Waals surface area contributed by atoms with Crippen LogP contribution in [0.15, 0.2) is 42.0 Å². The van der Waals surface area contributed by atoms with E-state index < -0.39 is 23.5 Å². The van der Waals surface area contributed by atoms with Gasteiger partial charge in [0.2, 0.25) is 0 Å². The molecule has 170 valence electrons. The van der Waals surface area contributed by atoms with E-state index in [-0.39, 0.29) is 23.4 Å². The molecule has 2 aromatic carbocycles. The Hall–Kier alpha value is -3.19. The van der Waals surface area contributed by atoms with Crippen LogP contribution in [0.25, 0.3) is 5.76 Å². The number of carbonyl (C=O) groups excluding carboxylic acids is 2. The van der Waals surface area contributed by atoms with Gasteiger partial charge in [-0.05, 0) is 70.2 Å². The molecule has 0 aliphatic carbocycles. The number of rotatable bonds is 7. The van der Waals surface area contributed by atoms with E-state index in [1.54, 1.807) is 44.4 Å². The molecule has 1 saturated heterocycles. The summed E-state index contributed by atoms with van der Waals surface area (Å²) in [5.74, 6) is -1.75. The van der Waals surface area contributed by atoms with E-state index in [0.29, 0.717) is 29.8 Å². The van der Waals surface area contributed by atoms with Crippen LogP contribution in [0.4, 0.5) is 4.39 Å². The number of methoxy groups -OCH3 is 1. The number of hydrogen-bond donors (Lipinski definition) is 1. The van der Waals surface area contributed by atoms with Gasteiger partial charge in [0.15, 0.2) is 0 Å². The third kappa shape index (κ3) is 4.39. The molecule has 1 heterocycles. The first kappa shape index (κ1) is 23.5. The molecule has 7 heteroatoms. The summed E-state index contributed by atoms with van der Waals surface area (Å²) in [6.45, 7) is 4.56. The lowest BCUT2D eigenvalue weighted by Gasteiger charge is -2.26. The molecule has 0 bridgehead atoms. The van der Waals surface area contributed by atoms with Crippen molar-refractivity contribution in [2.24, 2.45) is 0 Å². The maximum Gasteiger partial charge on any atom is 0.295 e. The SMILES string of the molecule is COc1cc(C)c(/C(O)=C2\C(=O)C(=O)N(CCCN(C)C)C2c2ccccc2F)cc1C. The Balaban J connectivity index is 2.18. The van der Waals surface area contributed by atoms with Crippen LogP contribution < -0.4 is 4.74 Å². The number of aliphatic hydroxyl groups excluding tert-OH is 1. The summed E-state index contributed by atoms with van der Waals surface area (Å²) in [7, 11) is 5.38. The number of ether oxygens (including phenoxy) is 1. The monoisotopic (exact) mass is 440 g/mol. The number of hydrogen-bond acceptors (Lipinski definition) is 5. The van der Waals surface area contributed by atoms with Crippen LogP contribution in [0.2, 0.25) is 0 Å². The smallest absolute Gasteiger partial charge is 0.295 e. The number of amides is 1. The van der Waals surface area contributed by atoms with Gasteiger partial charge in [0.1, 0.15) is 17.3 Å². The zero-order valence-corrected chi connectivity index (χ0v) is 19.1. The molecule has 6 nitrogen and oxygen atoms in total. The molecule has 1 aliphatic rings. The Labute approximate surface area is 187 Å². The highest BCUT2D eigenvalue weighted by Crippen LogP contribution is 2.41. The lowest BCUT2D eigenvalue weighted by atomic mass is 9.92. The summed E-state index contributed by atoms with van der Waals surface area (Å²) in [6.07, 6.45) is 0.603. The van der Waals surface area contributed by atoms with Crippen LogP contribution in [0.5, 0.6) is 5.75 Å². The Morgan fingerprint density at radius 1 is 1.16 bits per heavy atom. The van der Waals surface area contributed by atoms with Gasteiger partial charge in [-0.1, -0.05) is 18.2 Å². The van der Waals surface area contributed by atoms with Gasteiger partial charge in [-0.15, -0.1) is 0 Å². The molecule has 1 unspecified atom stereocenters. The van der Waals surface area contributed by atoms with E-state index in [4.69, 9.17) is 4.74 Å². The fourth-order valence-corrected chi connectivity index (χ4v) is 4.10. The molecule has 0 saturated carbocycles. The predicted octanol–water partition coefficient (Wildman–Crippen LogP) is 3.82. The fraction of sp³-hybridized carbons (Fsp3) is 0.360. The highest BCUT2D eigenvalue weighted by molar-refractivity contribution is 6.46. The molecular weight excluding hydrogens is 411 g/mol. The van der Waals surface area contributed by atoms with Crippen molar-refractivity contribution in [1.82, 2.24) is 9.80 Å². The largest absolute Gasteiger partial charge is 0.507 e. The van der Waals surface area contributed by atoms with E-state index in [2.05, 4.69) is 0 Å². The Morgan fingerprint density at radius 2 is 1.84 bits per heavy atom. The molecule has 32 heavy (non-hydrogen) atoms. The van der Waals surface area contributed by atoms with Crippen molar-refractivity contribution in [2.75, 3.05) is 34.3 Å². The number of halogens is 1. The first-order chi connectivity index (χ1) is 15.2. The quantitative estimate of drug-likeness (QED) is 0.403. The number of likely N-dealkylation sites (tertiary alicyclic amines) is 1. The van der Waals surface area contributed by atoms with Gasteiger partial charge in [-0.2, -0.15) is 0 Å². The van der Waals surface area contributed by atoms with Gasteiger partial charge < -0.3 is 19.6 Å². The Morgan fingerprint density at radius 3 is 2.47 bits per heavy atom. The summed E-state index contributed by atoms with van der Waals surface area (Å²) in [5, 5.41) is 11.2. The van der Waals surface area contributed by atoms with Crippen molar-refractivity contribution >= 4 is 17.4 Å². The molecule has 1 N–H and O–H groups in total. The topological polar surface area (TPSA) is 70.1 Å². The van der Waals surface area contributed by atoms with Crippen LogP contribution >= 0.6 is 0 Å². The van der Waals surface area contributed by atoms with Gasteiger partial charge in [0.05, 0.1) is 18.7 Å². The molecule has 0 aromatic heterocycles. The van der Waals surface area contributed by atoms with E-state index in [1.165, 1.54) is 11.0 Å². The van der Waals surface area contributed by atoms with Crippen molar-refractivity contribution in [3.8, 4) is 5.75 Å². The van der Waals surface area contributed by atoms with Gasteiger partial charge in [-0.3, -0.25) is 9.59 Å². The maximum atomic E-state index is 14.8. The van der Waals surface area contributed by atoms with E-state index in [1.807, 2.05) is 25.9 Å². The van der Waals surface area contributed by atoms with Gasteiger partial charge in [0.25, 0.3) is 11.7 Å². The molecule has 1 fully saturated rings. The molecule has 0 spiro atoms. The second-order valence-corrected chi connectivity index (χ2v) is 8.31. The predicted molar refractivity (Wildman–Crippen MR) is 121 cm³/mol. The minimum absolute atomic E-state index is 0.0994. The zero-order chi connectivity index (χ0) is 23.6. The first-order valence-corrected chi connectivity index (χ1v) is 10.5. The summed E-state index contributed by atoms with van der Waals surface area (Å²) in [4.78, 5) is 29.4. The molecule has 2 aromatic rings. The van der Waals surface area contributed by atoms with Crippen molar-refractivity contribution in [2.45, 2.75) is 26.3 Å². The second-order valence-electron chi connectivity index (χ2n) is 8.31. The third-order valence-corrected chi connectivity index (χ3v) is 5.74. The highest BCUT2D eigenvalue weighted by Gasteiger charge is 2.46. The van der Waals surface area contributed by atoms with Crippen LogP contribution in [0.3, 0.4) is 0 Å². The molecule has 1 amide bonds. The summed E-state index contributed by atoms with van der Waals surface area (Å²) < 4.78 is 20.2. The molecule has 1 aliphatic heterocycles. The number of benzene rings is 2. The normalized spacial score (nSPS) is 18.0. The van der Waals surface area contributed by atoms with E-state index >= 15 is 0 Å². The highest BCUT2D eigenvalue weighted by atomic mass is 19.1. The van der Waals surface area contributed by atoms with Crippen LogP contribution in [-0.4, -0.2) is 60.9 Å². The number of nitrogens with zero attached hydrogens (tertiary/aromatic N) is 2. The fourth-order valence-electron chi connectivity index (χ4n) is 4.10. The van der Waals surface area contributed by atoms with Crippen LogP contribution in [-0.2, 0) is 9.59 Å². The Bertz CT molecular complexity index is 1080. The van der Waals surface area contributed by atoms with Gasteiger partial charge >= 0.3 is 0 Å². The zero-order valence-electron chi connectivity index (χ0n) is 19.1. The average molecular weight is 441 g/mol. The van der Waals surface area contributed by atoms with Crippen LogP contribution in [0.1, 0.15) is 34.7 Å². The van der Waals surface area contributed by atoms with Crippen molar-refractivity contribution in [3.05, 3.63) is 70.0 Å². The molecular formula is C25H29FN2O4. The standard InChI is InChI=1S/C25H29FN2O4/c1-15-14-20(32-5)16(2)13-18(15)23(29)21-22(17-9-6-7-10-19(17)26)28(25(31)24(21)30)12-8-11-27(3)4/h6-7,9-10,13-14,22,29H,8,11-12H2,1-5H3/b23-21+. The lowest BCUT2D eigenvalue weighted by molar-refractivity contribution is -0.140. The Kier molecular flexibility index (Phi) is 6.99. The summed E-state index contributed by atoms with van der Waals surface area (Å²) >= 11 is 0. The number of carbonyl (C=O) groups is 2. The second kappa shape index (κ2) is 9.53. The first-order valence-electron chi connectivity index (χ1n) is 10.5. The minimum Gasteiger partial charge on any atom is -0.507 e. The van der Waals surface area contributed by atoms with Gasteiger partial charge in [-0.25, -0.2) is 4.39 Å². The van der Waals surface area contributed by atoms with Crippen molar-refractivity contribution < 1.29 is 23.8 Å². The molecule has 3 rings (SSSR count). The third-order valence-electron chi connectivity index (χ3n) is 5.74. The maximum absolute atomic E-state index is 14.8. The van der Waals surface area contributed by atoms with Gasteiger partial charge in [0, 0.05) is 17.7 Å². The van der Waals surface area contributed by atoms with Crippen molar-refractivity contribution in [1.29, 1.82) is 0 Å². The minimum atomic E-state index is -1.000. The number of aryl methyl sites for hydroxylation is 2. The summed E-state index contributed by atoms with van der Waals surface area (Å²) in [6, 6.07) is 8.51. The summed E-state index contributed by atoms with van der Waals surface area (Å²) in [5.41, 5.74) is 1.94. The number of Topliss-reactive ketones (excluding diaryl/α,β-unsaturated/α-hetero) is 1. The van der Waals surface area contributed by atoms with Crippen LogP contribution in [0, 0.1) is 19.7 Å². The molecule has 1 atom stereocenters. The van der Waals surface area contributed by atoms with Crippen molar-refractivity contribution in [3.63, 3.8) is 0 Å². The molecule has 0 radical (unpaired) electrons. The van der Waals surface area contributed by atoms with E-state index in [0.717, 1.165) is 5.56 Å². The lowest BCUT2D eigenvalue weighted by Crippen LogP contribution is -2.32. The number of ketones is 1.